The van der Waals surface area contributed by atoms with Gasteiger partial charge in [0.05, 0.1) is 13.0 Å². The number of aryl methyl sites for hydroxylation is 3. The molecule has 7 nitrogen and oxygen atoms in total. The molecule has 0 aliphatic rings. The zero-order chi connectivity index (χ0) is 22.2. The molecule has 31 heavy (non-hydrogen) atoms. The number of benzene rings is 2. The number of ether oxygens (including phenoxy) is 2. The van der Waals surface area contributed by atoms with Gasteiger partial charge in [-0.3, -0.25) is 9.59 Å². The molecule has 0 aliphatic heterocycles. The number of esters is 1. The summed E-state index contributed by atoms with van der Waals surface area (Å²) in [5, 5.41) is 2.90. The van der Waals surface area contributed by atoms with Crippen LogP contribution in [-0.2, 0) is 21.4 Å². The summed E-state index contributed by atoms with van der Waals surface area (Å²) in [5.41, 5.74) is 2.97. The van der Waals surface area contributed by atoms with Crippen LogP contribution < -0.4 is 10.1 Å². The van der Waals surface area contributed by atoms with Gasteiger partial charge in [-0.25, -0.2) is 4.98 Å². The monoisotopic (exact) mass is 421 g/mol. The van der Waals surface area contributed by atoms with Crippen LogP contribution in [0.5, 0.6) is 5.75 Å². The fourth-order valence-electron chi connectivity index (χ4n) is 3.13. The van der Waals surface area contributed by atoms with Crippen LogP contribution in [0.3, 0.4) is 0 Å². The average Bonchev–Trinajstić information content (AvgIpc) is 3.19. The van der Waals surface area contributed by atoms with Crippen LogP contribution >= 0.6 is 0 Å². The first kappa shape index (κ1) is 22.1. The number of carbonyl (C=O) groups excluding carboxylic acids is 2. The fourth-order valence-corrected chi connectivity index (χ4v) is 3.13. The smallest absolute Gasteiger partial charge is 0.309 e. The molecule has 0 spiro atoms. The van der Waals surface area contributed by atoms with Gasteiger partial charge in [-0.2, -0.15) is 0 Å². The number of hydrogen-bond acceptors (Lipinski definition) is 5. The molecular weight excluding hydrogens is 394 g/mol. The van der Waals surface area contributed by atoms with Gasteiger partial charge < -0.3 is 19.4 Å². The number of aromatic nitrogens is 2. The highest BCUT2D eigenvalue weighted by atomic mass is 16.5. The Bertz CT molecular complexity index is 1030. The molecule has 1 heterocycles. The van der Waals surface area contributed by atoms with E-state index in [1.807, 2.05) is 80.2 Å². The highest BCUT2D eigenvalue weighted by molar-refractivity contribution is 5.81. The zero-order valence-electron chi connectivity index (χ0n) is 18.0. The molecule has 1 amide bonds. The lowest BCUT2D eigenvalue weighted by Gasteiger charge is -2.19. The van der Waals surface area contributed by atoms with Gasteiger partial charge >= 0.3 is 5.97 Å². The molecule has 0 saturated carbocycles. The number of carbonyl (C=O) groups is 2. The molecule has 162 valence electrons. The second-order valence-corrected chi connectivity index (χ2v) is 7.34. The Labute approximate surface area is 182 Å². The van der Waals surface area contributed by atoms with Crippen molar-refractivity contribution in [2.75, 3.05) is 13.2 Å². The van der Waals surface area contributed by atoms with Gasteiger partial charge in [-0.05, 0) is 36.6 Å². The second-order valence-electron chi connectivity index (χ2n) is 7.34. The molecule has 1 aromatic heterocycles. The maximum absolute atomic E-state index is 12.5. The standard InChI is InChI=1S/C24H27N3O4/c1-17-9-10-18(2)20(15-17)30-14-11-22(29)31-16-21(28)26-23(19-7-5-4-6-8-19)24-25-12-13-27(24)3/h4-10,12-13,15,23H,11,14,16H2,1-3H3,(H,26,28)/t23-/m1/s1. The van der Waals surface area contributed by atoms with E-state index in [4.69, 9.17) is 9.47 Å². The van der Waals surface area contributed by atoms with Gasteiger partial charge in [0.1, 0.15) is 17.6 Å². The first-order chi connectivity index (χ1) is 14.9. The van der Waals surface area contributed by atoms with E-state index in [9.17, 15) is 9.59 Å². The van der Waals surface area contributed by atoms with Crippen LogP contribution in [0, 0.1) is 13.8 Å². The average molecular weight is 421 g/mol. The van der Waals surface area contributed by atoms with Gasteiger partial charge in [0.25, 0.3) is 5.91 Å². The topological polar surface area (TPSA) is 82.4 Å². The minimum atomic E-state index is -0.492. The van der Waals surface area contributed by atoms with E-state index in [-0.39, 0.29) is 19.6 Å². The van der Waals surface area contributed by atoms with Crippen molar-refractivity contribution in [3.63, 3.8) is 0 Å². The van der Waals surface area contributed by atoms with Crippen LogP contribution in [0.2, 0.25) is 0 Å². The highest BCUT2D eigenvalue weighted by Crippen LogP contribution is 2.20. The third kappa shape index (κ3) is 6.18. The van der Waals surface area contributed by atoms with Gasteiger partial charge in [0.15, 0.2) is 6.61 Å². The molecule has 0 aliphatic carbocycles. The number of nitrogens with one attached hydrogen (secondary N) is 1. The summed E-state index contributed by atoms with van der Waals surface area (Å²) in [7, 11) is 1.86. The molecule has 3 aromatic rings. The fraction of sp³-hybridized carbons (Fsp3) is 0.292. The van der Waals surface area contributed by atoms with Crippen molar-refractivity contribution < 1.29 is 19.1 Å². The minimum Gasteiger partial charge on any atom is -0.493 e. The van der Waals surface area contributed by atoms with Crippen LogP contribution in [0.1, 0.15) is 35.0 Å². The van der Waals surface area contributed by atoms with E-state index >= 15 is 0 Å². The number of nitrogens with zero attached hydrogens (tertiary/aromatic N) is 2. The van der Waals surface area contributed by atoms with Crippen LogP contribution in [0.25, 0.3) is 0 Å². The SMILES string of the molecule is Cc1ccc(C)c(OCCC(=O)OCC(=O)N[C@H](c2ccccc2)c2nccn2C)c1. The summed E-state index contributed by atoms with van der Waals surface area (Å²) in [6.45, 7) is 3.75. The normalized spacial score (nSPS) is 11.6. The molecule has 0 unspecified atom stereocenters. The van der Waals surface area contributed by atoms with Crippen molar-refractivity contribution in [3.8, 4) is 5.75 Å². The van der Waals surface area contributed by atoms with Crippen molar-refractivity contribution in [1.82, 2.24) is 14.9 Å². The molecule has 1 N–H and O–H groups in total. The lowest BCUT2D eigenvalue weighted by atomic mass is 10.1. The molecule has 0 fully saturated rings. The summed E-state index contributed by atoms with van der Waals surface area (Å²) in [5.74, 6) is 0.536. The Morgan fingerprint density at radius 1 is 1.13 bits per heavy atom. The summed E-state index contributed by atoms with van der Waals surface area (Å²) >= 11 is 0. The Morgan fingerprint density at radius 3 is 2.61 bits per heavy atom. The highest BCUT2D eigenvalue weighted by Gasteiger charge is 2.21. The molecule has 0 bridgehead atoms. The van der Waals surface area contributed by atoms with Crippen LogP contribution in [0.4, 0.5) is 0 Å². The molecule has 2 aromatic carbocycles. The van der Waals surface area contributed by atoms with Crippen molar-refractivity contribution >= 4 is 11.9 Å². The van der Waals surface area contributed by atoms with E-state index in [2.05, 4.69) is 10.3 Å². The van der Waals surface area contributed by atoms with Gasteiger partial charge in [-0.15, -0.1) is 0 Å². The van der Waals surface area contributed by atoms with E-state index in [1.165, 1.54) is 0 Å². The third-order valence-electron chi connectivity index (χ3n) is 4.83. The number of hydrogen-bond donors (Lipinski definition) is 1. The predicted molar refractivity (Wildman–Crippen MR) is 117 cm³/mol. The Kier molecular flexibility index (Phi) is 7.43. The number of amides is 1. The molecule has 0 radical (unpaired) electrons. The number of rotatable bonds is 9. The Balaban J connectivity index is 1.50. The lowest BCUT2D eigenvalue weighted by molar-refractivity contribution is -0.149. The van der Waals surface area contributed by atoms with E-state index in [1.54, 1.807) is 6.20 Å². The van der Waals surface area contributed by atoms with Gasteiger partial charge in [0.2, 0.25) is 0 Å². The molecular formula is C24H27N3O4. The van der Waals surface area contributed by atoms with E-state index in [0.29, 0.717) is 5.82 Å². The second kappa shape index (κ2) is 10.4. The van der Waals surface area contributed by atoms with Gasteiger partial charge in [0, 0.05) is 19.4 Å². The van der Waals surface area contributed by atoms with Crippen LogP contribution in [0.15, 0.2) is 60.9 Å². The largest absolute Gasteiger partial charge is 0.493 e. The van der Waals surface area contributed by atoms with Crippen molar-refractivity contribution in [3.05, 3.63) is 83.4 Å². The van der Waals surface area contributed by atoms with E-state index in [0.717, 1.165) is 22.4 Å². The molecule has 3 rings (SSSR count). The van der Waals surface area contributed by atoms with Crippen molar-refractivity contribution in [2.24, 2.45) is 7.05 Å². The number of imidazole rings is 1. The third-order valence-corrected chi connectivity index (χ3v) is 4.83. The zero-order valence-corrected chi connectivity index (χ0v) is 18.0. The summed E-state index contributed by atoms with van der Waals surface area (Å²) in [6, 6.07) is 15.0. The first-order valence-electron chi connectivity index (χ1n) is 10.1. The quantitative estimate of drug-likeness (QED) is 0.537. The first-order valence-corrected chi connectivity index (χ1v) is 10.1. The maximum Gasteiger partial charge on any atom is 0.309 e. The van der Waals surface area contributed by atoms with Crippen molar-refractivity contribution in [2.45, 2.75) is 26.3 Å². The van der Waals surface area contributed by atoms with Crippen LogP contribution in [-0.4, -0.2) is 34.6 Å². The summed E-state index contributed by atoms with van der Waals surface area (Å²) < 4.78 is 12.6. The Hall–Kier alpha value is -3.61. The maximum atomic E-state index is 12.5. The van der Waals surface area contributed by atoms with E-state index < -0.39 is 17.9 Å². The summed E-state index contributed by atoms with van der Waals surface area (Å²) in [4.78, 5) is 28.8. The lowest BCUT2D eigenvalue weighted by Crippen LogP contribution is -2.34. The molecule has 7 heteroatoms. The predicted octanol–water partition coefficient (Wildman–Crippen LogP) is 3.25. The molecule has 1 atom stereocenters. The Morgan fingerprint density at radius 2 is 1.90 bits per heavy atom. The summed E-state index contributed by atoms with van der Waals surface area (Å²) in [6.07, 6.45) is 3.54. The van der Waals surface area contributed by atoms with Gasteiger partial charge in [-0.1, -0.05) is 42.5 Å². The van der Waals surface area contributed by atoms with Crippen molar-refractivity contribution in [1.29, 1.82) is 0 Å². The molecule has 0 saturated heterocycles. The minimum absolute atomic E-state index is 0.0577.